The van der Waals surface area contributed by atoms with Crippen molar-refractivity contribution in [2.75, 3.05) is 5.32 Å². The van der Waals surface area contributed by atoms with Crippen molar-refractivity contribution in [2.45, 2.75) is 13.5 Å². The summed E-state index contributed by atoms with van der Waals surface area (Å²) in [4.78, 5) is 13.2. The first-order valence-electron chi connectivity index (χ1n) is 10.4. The number of carbonyl (C=O) groups is 1. The standard InChI is InChI=1S/C27H21FN2O2/c1-18-7-13-22(14-8-18)29-27(31)24-16-26-23(30(24)17-19-5-3-2-4-6-19)15-25(32-26)20-9-11-21(28)12-10-20/h2-16H,17H2,1H3,(H,29,31). The van der Waals surface area contributed by atoms with E-state index in [0.717, 1.165) is 27.9 Å². The van der Waals surface area contributed by atoms with E-state index in [0.29, 0.717) is 23.6 Å². The first kappa shape index (κ1) is 19.8. The molecule has 5 aromatic rings. The lowest BCUT2D eigenvalue weighted by Crippen LogP contribution is -2.17. The molecule has 0 fully saturated rings. The minimum absolute atomic E-state index is 0.209. The van der Waals surface area contributed by atoms with Crippen LogP contribution < -0.4 is 5.32 Å². The minimum Gasteiger partial charge on any atom is -0.454 e. The predicted molar refractivity (Wildman–Crippen MR) is 124 cm³/mol. The fourth-order valence-electron chi connectivity index (χ4n) is 3.75. The van der Waals surface area contributed by atoms with E-state index in [4.69, 9.17) is 4.42 Å². The molecule has 0 unspecified atom stereocenters. The number of aryl methyl sites for hydroxylation is 1. The fraction of sp³-hybridized carbons (Fsp3) is 0.0741. The lowest BCUT2D eigenvalue weighted by atomic mass is 10.2. The van der Waals surface area contributed by atoms with E-state index >= 15 is 0 Å². The van der Waals surface area contributed by atoms with Crippen LogP contribution in [0, 0.1) is 12.7 Å². The van der Waals surface area contributed by atoms with E-state index in [2.05, 4.69) is 5.32 Å². The molecule has 3 aromatic carbocycles. The SMILES string of the molecule is Cc1ccc(NC(=O)c2cc3oc(-c4ccc(F)cc4)cc3n2Cc2ccccc2)cc1. The zero-order valence-corrected chi connectivity index (χ0v) is 17.5. The summed E-state index contributed by atoms with van der Waals surface area (Å²) < 4.78 is 21.3. The molecular formula is C27H21FN2O2. The zero-order valence-electron chi connectivity index (χ0n) is 17.5. The number of hydrogen-bond acceptors (Lipinski definition) is 2. The van der Waals surface area contributed by atoms with Gasteiger partial charge in [0.15, 0.2) is 5.58 Å². The lowest BCUT2D eigenvalue weighted by Gasteiger charge is -2.11. The Morgan fingerprint density at radius 1 is 0.938 bits per heavy atom. The first-order valence-corrected chi connectivity index (χ1v) is 10.4. The second kappa shape index (κ2) is 8.19. The van der Waals surface area contributed by atoms with Crippen LogP contribution in [0.3, 0.4) is 0 Å². The predicted octanol–water partition coefficient (Wildman–Crippen LogP) is 6.65. The normalized spacial score (nSPS) is 11.1. The van der Waals surface area contributed by atoms with Gasteiger partial charge in [-0.3, -0.25) is 4.79 Å². The topological polar surface area (TPSA) is 47.2 Å². The fourth-order valence-corrected chi connectivity index (χ4v) is 3.75. The highest BCUT2D eigenvalue weighted by molar-refractivity contribution is 6.06. The van der Waals surface area contributed by atoms with E-state index in [9.17, 15) is 9.18 Å². The van der Waals surface area contributed by atoms with Gasteiger partial charge in [-0.05, 0) is 48.9 Å². The Kier molecular flexibility index (Phi) is 5.07. The van der Waals surface area contributed by atoms with Crippen LogP contribution in [0.4, 0.5) is 10.1 Å². The molecule has 32 heavy (non-hydrogen) atoms. The largest absolute Gasteiger partial charge is 0.454 e. The van der Waals surface area contributed by atoms with Crippen LogP contribution >= 0.6 is 0 Å². The molecule has 0 aliphatic heterocycles. The second-order valence-electron chi connectivity index (χ2n) is 7.79. The summed E-state index contributed by atoms with van der Waals surface area (Å²) in [6.07, 6.45) is 0. The van der Waals surface area contributed by atoms with Gasteiger partial charge in [0.05, 0.1) is 5.52 Å². The Labute approximate surface area is 184 Å². The molecule has 0 saturated heterocycles. The second-order valence-corrected chi connectivity index (χ2v) is 7.79. The average Bonchev–Trinajstić information content (AvgIpc) is 3.36. The molecular weight excluding hydrogens is 403 g/mol. The minimum atomic E-state index is -0.298. The Balaban J connectivity index is 1.55. The molecule has 2 aromatic heterocycles. The van der Waals surface area contributed by atoms with E-state index in [1.54, 1.807) is 18.2 Å². The number of aromatic nitrogens is 1. The monoisotopic (exact) mass is 424 g/mol. The number of amides is 1. The van der Waals surface area contributed by atoms with Crippen LogP contribution in [0.1, 0.15) is 21.6 Å². The molecule has 0 aliphatic carbocycles. The number of furan rings is 1. The highest BCUT2D eigenvalue weighted by Crippen LogP contribution is 2.31. The van der Waals surface area contributed by atoms with E-state index in [1.165, 1.54) is 12.1 Å². The van der Waals surface area contributed by atoms with Gasteiger partial charge >= 0.3 is 0 Å². The number of nitrogens with zero attached hydrogens (tertiary/aromatic N) is 1. The number of fused-ring (bicyclic) bond motifs is 1. The van der Waals surface area contributed by atoms with Gasteiger partial charge in [-0.15, -0.1) is 0 Å². The van der Waals surface area contributed by atoms with E-state index in [-0.39, 0.29) is 11.7 Å². The van der Waals surface area contributed by atoms with Crippen molar-refractivity contribution in [3.05, 3.63) is 114 Å². The Bertz CT molecular complexity index is 1380. The highest BCUT2D eigenvalue weighted by Gasteiger charge is 2.20. The molecule has 0 aliphatic rings. The first-order chi connectivity index (χ1) is 15.6. The van der Waals surface area contributed by atoms with E-state index < -0.39 is 0 Å². The Morgan fingerprint density at radius 2 is 1.66 bits per heavy atom. The number of carbonyl (C=O) groups excluding carboxylic acids is 1. The lowest BCUT2D eigenvalue weighted by molar-refractivity contribution is 0.101. The Hall–Kier alpha value is -4.12. The van der Waals surface area contributed by atoms with Gasteiger partial charge < -0.3 is 14.3 Å². The van der Waals surface area contributed by atoms with Crippen molar-refractivity contribution in [1.29, 1.82) is 0 Å². The highest BCUT2D eigenvalue weighted by atomic mass is 19.1. The maximum absolute atomic E-state index is 13.3. The zero-order chi connectivity index (χ0) is 22.1. The molecule has 0 saturated carbocycles. The van der Waals surface area contributed by atoms with Crippen molar-refractivity contribution in [3.8, 4) is 11.3 Å². The third-order valence-corrected chi connectivity index (χ3v) is 5.44. The van der Waals surface area contributed by atoms with Crippen LogP contribution in [0.25, 0.3) is 22.4 Å². The molecule has 2 heterocycles. The van der Waals surface area contributed by atoms with Crippen LogP contribution in [0.2, 0.25) is 0 Å². The molecule has 0 atom stereocenters. The molecule has 1 amide bonds. The number of anilines is 1. The maximum atomic E-state index is 13.3. The maximum Gasteiger partial charge on any atom is 0.272 e. The smallest absolute Gasteiger partial charge is 0.272 e. The number of hydrogen-bond donors (Lipinski definition) is 1. The summed E-state index contributed by atoms with van der Waals surface area (Å²) in [6, 6.07) is 27.5. The summed E-state index contributed by atoms with van der Waals surface area (Å²) in [5.41, 5.74) is 5.63. The summed E-state index contributed by atoms with van der Waals surface area (Å²) in [6.45, 7) is 2.52. The van der Waals surface area contributed by atoms with Gasteiger partial charge in [-0.1, -0.05) is 48.0 Å². The summed E-state index contributed by atoms with van der Waals surface area (Å²) >= 11 is 0. The molecule has 1 N–H and O–H groups in total. The molecule has 4 nitrogen and oxygen atoms in total. The third-order valence-electron chi connectivity index (χ3n) is 5.44. The van der Waals surface area contributed by atoms with Crippen LogP contribution in [-0.2, 0) is 6.54 Å². The van der Waals surface area contributed by atoms with Gasteiger partial charge in [0.2, 0.25) is 0 Å². The van der Waals surface area contributed by atoms with Gasteiger partial charge in [-0.2, -0.15) is 0 Å². The molecule has 0 radical (unpaired) electrons. The van der Waals surface area contributed by atoms with Crippen LogP contribution in [-0.4, -0.2) is 10.5 Å². The molecule has 158 valence electrons. The van der Waals surface area contributed by atoms with Crippen molar-refractivity contribution in [2.24, 2.45) is 0 Å². The van der Waals surface area contributed by atoms with Gasteiger partial charge in [0, 0.05) is 29.9 Å². The molecule has 0 bridgehead atoms. The number of benzene rings is 3. The number of rotatable bonds is 5. The molecule has 5 heteroatoms. The van der Waals surface area contributed by atoms with Crippen LogP contribution in [0.15, 0.2) is 95.4 Å². The average molecular weight is 424 g/mol. The van der Waals surface area contributed by atoms with Crippen LogP contribution in [0.5, 0.6) is 0 Å². The quantitative estimate of drug-likeness (QED) is 0.343. The third kappa shape index (κ3) is 3.93. The Morgan fingerprint density at radius 3 is 2.38 bits per heavy atom. The van der Waals surface area contributed by atoms with Gasteiger partial charge in [0.25, 0.3) is 5.91 Å². The van der Waals surface area contributed by atoms with Crippen molar-refractivity contribution in [3.63, 3.8) is 0 Å². The van der Waals surface area contributed by atoms with Crippen molar-refractivity contribution < 1.29 is 13.6 Å². The molecule has 0 spiro atoms. The summed E-state index contributed by atoms with van der Waals surface area (Å²) in [5.74, 6) is 0.121. The van der Waals surface area contributed by atoms with Crippen molar-refractivity contribution in [1.82, 2.24) is 4.57 Å². The molecule has 5 rings (SSSR count). The number of halogens is 1. The van der Waals surface area contributed by atoms with Gasteiger partial charge in [-0.25, -0.2) is 4.39 Å². The summed E-state index contributed by atoms with van der Waals surface area (Å²) in [5, 5.41) is 2.97. The summed E-state index contributed by atoms with van der Waals surface area (Å²) in [7, 11) is 0. The number of nitrogens with one attached hydrogen (secondary N) is 1. The van der Waals surface area contributed by atoms with E-state index in [1.807, 2.05) is 72.2 Å². The van der Waals surface area contributed by atoms with Gasteiger partial charge in [0.1, 0.15) is 17.3 Å². The van der Waals surface area contributed by atoms with Crippen molar-refractivity contribution >= 4 is 22.7 Å².